The van der Waals surface area contributed by atoms with E-state index in [2.05, 4.69) is 37.5 Å². The number of amides is 1. The van der Waals surface area contributed by atoms with Crippen LogP contribution in [-0.4, -0.2) is 5.91 Å². The second kappa shape index (κ2) is 5.95. The molecule has 1 aromatic carbocycles. The van der Waals surface area contributed by atoms with Crippen molar-refractivity contribution in [1.82, 2.24) is 5.43 Å². The molecule has 2 rings (SSSR count). The molecular formula is C14H16N2O2S. The number of hydrazine groups is 1. The molecule has 100 valence electrons. The minimum absolute atomic E-state index is 0.341. The van der Waals surface area contributed by atoms with Crippen molar-refractivity contribution >= 4 is 17.7 Å². The molecule has 2 aromatic rings. The molecule has 0 unspecified atom stereocenters. The third-order valence-electron chi connectivity index (χ3n) is 2.76. The van der Waals surface area contributed by atoms with Gasteiger partial charge in [-0.1, -0.05) is 17.7 Å². The normalized spacial score (nSPS) is 10.5. The van der Waals surface area contributed by atoms with Crippen molar-refractivity contribution in [3.8, 4) is 0 Å². The Hall–Kier alpha value is -1.72. The first-order valence-corrected chi connectivity index (χ1v) is 6.87. The number of hydrogen-bond donors (Lipinski definition) is 2. The van der Waals surface area contributed by atoms with Gasteiger partial charge in [-0.05, 0) is 31.5 Å². The molecule has 1 amide bonds. The summed E-state index contributed by atoms with van der Waals surface area (Å²) in [5, 5.41) is 0. The van der Waals surface area contributed by atoms with Crippen molar-refractivity contribution in [2.45, 2.75) is 24.5 Å². The van der Waals surface area contributed by atoms with Crippen LogP contribution in [0.15, 0.2) is 39.8 Å². The van der Waals surface area contributed by atoms with Gasteiger partial charge >= 0.3 is 0 Å². The highest BCUT2D eigenvalue weighted by molar-refractivity contribution is 7.98. The molecule has 0 atom stereocenters. The number of nitrogen functional groups attached to an aromatic ring is 1. The average molecular weight is 276 g/mol. The van der Waals surface area contributed by atoms with Crippen LogP contribution in [0.1, 0.15) is 27.2 Å². The Balaban J connectivity index is 2.04. The fourth-order valence-corrected chi connectivity index (χ4v) is 2.68. The maximum absolute atomic E-state index is 11.3. The molecule has 0 aliphatic rings. The van der Waals surface area contributed by atoms with Gasteiger partial charge in [0.2, 0.25) is 0 Å². The minimum atomic E-state index is -0.341. The van der Waals surface area contributed by atoms with E-state index in [1.807, 2.05) is 0 Å². The first-order chi connectivity index (χ1) is 9.10. The molecule has 0 saturated carbocycles. The van der Waals surface area contributed by atoms with E-state index in [-0.39, 0.29) is 5.91 Å². The molecule has 0 bridgehead atoms. The highest BCUT2D eigenvalue weighted by Gasteiger charge is 2.09. The van der Waals surface area contributed by atoms with Gasteiger partial charge in [0, 0.05) is 4.90 Å². The number of thioether (sulfide) groups is 1. The number of hydrogen-bond acceptors (Lipinski definition) is 4. The first kappa shape index (κ1) is 13.7. The maximum Gasteiger partial charge on any atom is 0.268 e. The number of benzene rings is 1. The van der Waals surface area contributed by atoms with Crippen LogP contribution < -0.4 is 11.3 Å². The molecule has 0 fully saturated rings. The molecule has 0 radical (unpaired) electrons. The van der Waals surface area contributed by atoms with E-state index in [9.17, 15) is 4.79 Å². The summed E-state index contributed by atoms with van der Waals surface area (Å²) in [5.74, 6) is 6.16. The van der Waals surface area contributed by atoms with Crippen LogP contribution in [-0.2, 0) is 5.75 Å². The second-order valence-electron chi connectivity index (χ2n) is 4.33. The number of aryl methyl sites for hydroxylation is 2. The van der Waals surface area contributed by atoms with Gasteiger partial charge in [-0.25, -0.2) is 5.84 Å². The Kier molecular flexibility index (Phi) is 4.29. The molecular weight excluding hydrogens is 260 g/mol. The quantitative estimate of drug-likeness (QED) is 0.390. The molecule has 1 heterocycles. The summed E-state index contributed by atoms with van der Waals surface area (Å²) in [5.41, 5.74) is 4.99. The maximum atomic E-state index is 11.3. The molecule has 0 spiro atoms. The van der Waals surface area contributed by atoms with Gasteiger partial charge in [0.05, 0.1) is 11.3 Å². The number of rotatable bonds is 4. The van der Waals surface area contributed by atoms with Crippen LogP contribution in [0.5, 0.6) is 0 Å². The summed E-state index contributed by atoms with van der Waals surface area (Å²) in [6.07, 6.45) is 1.42. The highest BCUT2D eigenvalue weighted by atomic mass is 32.2. The van der Waals surface area contributed by atoms with E-state index >= 15 is 0 Å². The Morgan fingerprint density at radius 2 is 2.16 bits per heavy atom. The fourth-order valence-electron chi connectivity index (χ4n) is 1.67. The minimum Gasteiger partial charge on any atom is -0.468 e. The van der Waals surface area contributed by atoms with Gasteiger partial charge in [0.1, 0.15) is 12.0 Å². The van der Waals surface area contributed by atoms with E-state index in [0.29, 0.717) is 11.3 Å². The molecule has 4 nitrogen and oxygen atoms in total. The zero-order valence-electron chi connectivity index (χ0n) is 10.9. The average Bonchev–Trinajstić information content (AvgIpc) is 2.88. The number of carbonyl (C=O) groups excluding carboxylic acids is 1. The number of nitrogens with two attached hydrogens (primary N) is 1. The van der Waals surface area contributed by atoms with E-state index in [4.69, 9.17) is 10.3 Å². The summed E-state index contributed by atoms with van der Waals surface area (Å²) in [6.45, 7) is 4.15. The van der Waals surface area contributed by atoms with Gasteiger partial charge in [-0.15, -0.1) is 11.8 Å². The van der Waals surface area contributed by atoms with E-state index < -0.39 is 0 Å². The lowest BCUT2D eigenvalue weighted by Crippen LogP contribution is -2.29. The standard InChI is InChI=1S/C14H16N2O2S/c1-9-3-4-10(2)13(5-9)19-8-12-6-11(7-18-12)14(17)16-15/h3-7H,8,15H2,1-2H3,(H,16,17). The summed E-state index contributed by atoms with van der Waals surface area (Å²) >= 11 is 1.69. The number of carbonyl (C=O) groups is 1. The van der Waals surface area contributed by atoms with Gasteiger partial charge < -0.3 is 4.42 Å². The van der Waals surface area contributed by atoms with E-state index in [1.54, 1.807) is 17.8 Å². The van der Waals surface area contributed by atoms with Crippen molar-refractivity contribution in [3.63, 3.8) is 0 Å². The Morgan fingerprint density at radius 1 is 1.37 bits per heavy atom. The largest absolute Gasteiger partial charge is 0.468 e. The molecule has 0 aliphatic carbocycles. The third-order valence-corrected chi connectivity index (χ3v) is 3.94. The van der Waals surface area contributed by atoms with Crippen LogP contribution in [0.4, 0.5) is 0 Å². The zero-order valence-corrected chi connectivity index (χ0v) is 11.7. The molecule has 3 N–H and O–H groups in total. The Morgan fingerprint density at radius 3 is 2.89 bits per heavy atom. The number of nitrogens with one attached hydrogen (secondary N) is 1. The monoisotopic (exact) mass is 276 g/mol. The van der Waals surface area contributed by atoms with Crippen molar-refractivity contribution in [3.05, 3.63) is 53.0 Å². The highest BCUT2D eigenvalue weighted by Crippen LogP contribution is 2.27. The van der Waals surface area contributed by atoms with Crippen LogP contribution in [0.3, 0.4) is 0 Å². The SMILES string of the molecule is Cc1ccc(C)c(SCc2cc(C(=O)NN)co2)c1. The predicted octanol–water partition coefficient (Wildman–Crippen LogP) is 2.79. The lowest BCUT2D eigenvalue weighted by molar-refractivity contribution is 0.0953. The van der Waals surface area contributed by atoms with Crippen LogP contribution in [0, 0.1) is 13.8 Å². The molecule has 0 aliphatic heterocycles. The Bertz CT molecular complexity index is 593. The van der Waals surface area contributed by atoms with Gasteiger partial charge in [-0.2, -0.15) is 0 Å². The van der Waals surface area contributed by atoms with Crippen LogP contribution in [0.25, 0.3) is 0 Å². The molecule has 19 heavy (non-hydrogen) atoms. The van der Waals surface area contributed by atoms with E-state index in [1.165, 1.54) is 22.3 Å². The van der Waals surface area contributed by atoms with E-state index in [0.717, 1.165) is 5.76 Å². The lowest BCUT2D eigenvalue weighted by atomic mass is 10.2. The van der Waals surface area contributed by atoms with Crippen molar-refractivity contribution < 1.29 is 9.21 Å². The third kappa shape index (κ3) is 3.39. The van der Waals surface area contributed by atoms with Gasteiger partial charge in [0.15, 0.2) is 0 Å². The summed E-state index contributed by atoms with van der Waals surface area (Å²) < 4.78 is 5.34. The van der Waals surface area contributed by atoms with Gasteiger partial charge in [0.25, 0.3) is 5.91 Å². The second-order valence-corrected chi connectivity index (χ2v) is 5.35. The fraction of sp³-hybridized carbons (Fsp3) is 0.214. The Labute approximate surface area is 116 Å². The van der Waals surface area contributed by atoms with Gasteiger partial charge in [-0.3, -0.25) is 10.2 Å². The van der Waals surface area contributed by atoms with Crippen molar-refractivity contribution in [1.29, 1.82) is 0 Å². The van der Waals surface area contributed by atoms with Crippen LogP contribution >= 0.6 is 11.8 Å². The lowest BCUT2D eigenvalue weighted by Gasteiger charge is -2.05. The van der Waals surface area contributed by atoms with Crippen molar-refractivity contribution in [2.75, 3.05) is 0 Å². The first-order valence-electron chi connectivity index (χ1n) is 5.88. The summed E-state index contributed by atoms with van der Waals surface area (Å²) in [7, 11) is 0. The summed E-state index contributed by atoms with van der Waals surface area (Å²) in [4.78, 5) is 12.5. The molecule has 0 saturated heterocycles. The zero-order chi connectivity index (χ0) is 13.8. The van der Waals surface area contributed by atoms with Crippen molar-refractivity contribution in [2.24, 2.45) is 5.84 Å². The topological polar surface area (TPSA) is 68.3 Å². The number of furan rings is 1. The molecule has 5 heteroatoms. The predicted molar refractivity (Wildman–Crippen MR) is 75.8 cm³/mol. The van der Waals surface area contributed by atoms with Crippen LogP contribution in [0.2, 0.25) is 0 Å². The molecule has 1 aromatic heterocycles. The smallest absolute Gasteiger partial charge is 0.268 e. The summed E-state index contributed by atoms with van der Waals surface area (Å²) in [6, 6.07) is 8.06.